The van der Waals surface area contributed by atoms with Gasteiger partial charge in [-0.25, -0.2) is 12.7 Å². The van der Waals surface area contributed by atoms with Gasteiger partial charge in [-0.2, -0.15) is 0 Å². The highest BCUT2D eigenvalue weighted by atomic mass is 32.2. The predicted molar refractivity (Wildman–Crippen MR) is 56.0 cm³/mol. The van der Waals surface area contributed by atoms with Gasteiger partial charge in [-0.3, -0.25) is 4.79 Å². The van der Waals surface area contributed by atoms with Gasteiger partial charge in [-0.1, -0.05) is 0 Å². The Morgan fingerprint density at radius 2 is 2.07 bits per heavy atom. The smallest absolute Gasteiger partial charge is 0.303 e. The number of rotatable bonds is 7. The molecule has 1 aliphatic rings. The molecular formula is C9H17NO4S. The number of carboxylic acids is 1. The fourth-order valence-electron chi connectivity index (χ4n) is 1.30. The quantitative estimate of drug-likeness (QED) is 0.698. The third-order valence-corrected chi connectivity index (χ3v) is 4.51. The lowest BCUT2D eigenvalue weighted by Crippen LogP contribution is -2.31. The van der Waals surface area contributed by atoms with E-state index in [4.69, 9.17) is 5.11 Å². The van der Waals surface area contributed by atoms with Gasteiger partial charge in [0.05, 0.1) is 5.75 Å². The molecule has 6 heteroatoms. The molecule has 15 heavy (non-hydrogen) atoms. The minimum Gasteiger partial charge on any atom is -0.481 e. The lowest BCUT2D eigenvalue weighted by Gasteiger charge is -2.16. The van der Waals surface area contributed by atoms with E-state index < -0.39 is 16.0 Å². The monoisotopic (exact) mass is 235 g/mol. The van der Waals surface area contributed by atoms with Crippen molar-refractivity contribution < 1.29 is 18.3 Å². The Morgan fingerprint density at radius 3 is 2.53 bits per heavy atom. The first-order chi connectivity index (χ1) is 6.92. The van der Waals surface area contributed by atoms with Crippen molar-refractivity contribution >= 4 is 16.0 Å². The van der Waals surface area contributed by atoms with E-state index in [0.29, 0.717) is 18.9 Å². The molecule has 88 valence electrons. The number of hydrogen-bond donors (Lipinski definition) is 1. The van der Waals surface area contributed by atoms with E-state index >= 15 is 0 Å². The van der Waals surface area contributed by atoms with E-state index in [9.17, 15) is 13.2 Å². The summed E-state index contributed by atoms with van der Waals surface area (Å²) in [5, 5.41) is 8.42. The average Bonchev–Trinajstić information content (AvgIpc) is 2.86. The van der Waals surface area contributed by atoms with Crippen LogP contribution >= 0.6 is 0 Å². The molecule has 0 saturated heterocycles. The zero-order chi connectivity index (χ0) is 11.5. The van der Waals surface area contributed by atoms with Crippen LogP contribution in [0.2, 0.25) is 0 Å². The van der Waals surface area contributed by atoms with Gasteiger partial charge in [0.1, 0.15) is 0 Å². The largest absolute Gasteiger partial charge is 0.481 e. The van der Waals surface area contributed by atoms with Crippen molar-refractivity contribution in [2.45, 2.75) is 25.7 Å². The Hall–Kier alpha value is -0.620. The van der Waals surface area contributed by atoms with Crippen molar-refractivity contribution in [1.82, 2.24) is 4.31 Å². The SMILES string of the molecule is CN(CCCC(=O)O)S(=O)(=O)CC1CC1. The van der Waals surface area contributed by atoms with Gasteiger partial charge in [0.15, 0.2) is 0 Å². The van der Waals surface area contributed by atoms with Crippen LogP contribution < -0.4 is 0 Å². The molecule has 0 spiro atoms. The number of aliphatic carboxylic acids is 1. The zero-order valence-corrected chi connectivity index (χ0v) is 9.66. The van der Waals surface area contributed by atoms with Gasteiger partial charge in [0.25, 0.3) is 0 Å². The normalized spacial score (nSPS) is 16.9. The summed E-state index contributed by atoms with van der Waals surface area (Å²) >= 11 is 0. The molecule has 0 unspecified atom stereocenters. The van der Waals surface area contributed by atoms with Crippen LogP contribution in [0.15, 0.2) is 0 Å². The summed E-state index contributed by atoms with van der Waals surface area (Å²) in [5.74, 6) is -0.337. The molecule has 0 aliphatic heterocycles. The summed E-state index contributed by atoms with van der Waals surface area (Å²) in [4.78, 5) is 10.3. The summed E-state index contributed by atoms with van der Waals surface area (Å²) in [6, 6.07) is 0. The number of hydrogen-bond acceptors (Lipinski definition) is 3. The summed E-state index contributed by atoms with van der Waals surface area (Å²) in [7, 11) is -1.64. The molecule has 0 atom stereocenters. The molecule has 1 saturated carbocycles. The Kier molecular flexibility index (Phi) is 4.10. The fraction of sp³-hybridized carbons (Fsp3) is 0.889. The van der Waals surface area contributed by atoms with Crippen LogP contribution in [0.25, 0.3) is 0 Å². The van der Waals surface area contributed by atoms with Crippen LogP contribution in [0.5, 0.6) is 0 Å². The van der Waals surface area contributed by atoms with E-state index in [2.05, 4.69) is 0 Å². The van der Waals surface area contributed by atoms with E-state index in [0.717, 1.165) is 12.8 Å². The molecule has 1 rings (SSSR count). The second kappa shape index (κ2) is 4.94. The molecule has 0 radical (unpaired) electrons. The summed E-state index contributed by atoms with van der Waals surface area (Å²) in [6.07, 6.45) is 2.39. The van der Waals surface area contributed by atoms with Crippen LogP contribution in [0.4, 0.5) is 0 Å². The van der Waals surface area contributed by atoms with Gasteiger partial charge in [0.2, 0.25) is 10.0 Å². The highest BCUT2D eigenvalue weighted by Crippen LogP contribution is 2.30. The first-order valence-corrected chi connectivity index (χ1v) is 6.68. The van der Waals surface area contributed by atoms with Gasteiger partial charge in [-0.15, -0.1) is 0 Å². The van der Waals surface area contributed by atoms with Crippen molar-refractivity contribution in [2.75, 3.05) is 19.3 Å². The van der Waals surface area contributed by atoms with Crippen LogP contribution in [0.3, 0.4) is 0 Å². The van der Waals surface area contributed by atoms with Crippen molar-refractivity contribution in [2.24, 2.45) is 5.92 Å². The Morgan fingerprint density at radius 1 is 1.47 bits per heavy atom. The maximum absolute atomic E-state index is 11.6. The average molecular weight is 235 g/mol. The van der Waals surface area contributed by atoms with Gasteiger partial charge in [0, 0.05) is 20.0 Å². The highest BCUT2D eigenvalue weighted by Gasteiger charge is 2.30. The molecular weight excluding hydrogens is 218 g/mol. The molecule has 1 aliphatic carbocycles. The maximum atomic E-state index is 11.6. The molecule has 0 aromatic rings. The lowest BCUT2D eigenvalue weighted by atomic mass is 10.3. The topological polar surface area (TPSA) is 74.7 Å². The Bertz CT molecular complexity index is 321. The van der Waals surface area contributed by atoms with Gasteiger partial charge >= 0.3 is 5.97 Å². The van der Waals surface area contributed by atoms with E-state index in [1.165, 1.54) is 11.4 Å². The van der Waals surface area contributed by atoms with Crippen molar-refractivity contribution in [1.29, 1.82) is 0 Å². The first-order valence-electron chi connectivity index (χ1n) is 5.07. The highest BCUT2D eigenvalue weighted by molar-refractivity contribution is 7.89. The van der Waals surface area contributed by atoms with E-state index in [1.807, 2.05) is 0 Å². The number of sulfonamides is 1. The summed E-state index contributed by atoms with van der Waals surface area (Å²) < 4.78 is 24.5. The molecule has 0 bridgehead atoms. The van der Waals surface area contributed by atoms with Crippen LogP contribution in [-0.4, -0.2) is 43.1 Å². The van der Waals surface area contributed by atoms with Crippen molar-refractivity contribution in [3.63, 3.8) is 0 Å². The first kappa shape index (κ1) is 12.4. The van der Waals surface area contributed by atoms with Gasteiger partial charge in [-0.05, 0) is 25.2 Å². The molecule has 0 amide bonds. The van der Waals surface area contributed by atoms with E-state index in [-0.39, 0.29) is 12.2 Å². The Balaban J connectivity index is 2.30. The standard InChI is InChI=1S/C9H17NO4S/c1-10(6-2-3-9(11)12)15(13,14)7-8-4-5-8/h8H,2-7H2,1H3,(H,11,12). The van der Waals surface area contributed by atoms with Crippen LogP contribution in [0.1, 0.15) is 25.7 Å². The number of carbonyl (C=O) groups is 1. The molecule has 0 heterocycles. The molecule has 5 nitrogen and oxygen atoms in total. The van der Waals surface area contributed by atoms with Crippen molar-refractivity contribution in [3.8, 4) is 0 Å². The second-order valence-corrected chi connectivity index (χ2v) is 6.16. The summed E-state index contributed by atoms with van der Waals surface area (Å²) in [5.41, 5.74) is 0. The third kappa shape index (κ3) is 4.61. The maximum Gasteiger partial charge on any atom is 0.303 e. The molecule has 1 N–H and O–H groups in total. The molecule has 1 fully saturated rings. The minimum absolute atomic E-state index is 0.0172. The number of carboxylic acid groups (broad SMARTS) is 1. The fourth-order valence-corrected chi connectivity index (χ4v) is 2.89. The van der Waals surface area contributed by atoms with Crippen molar-refractivity contribution in [3.05, 3.63) is 0 Å². The minimum atomic E-state index is -3.15. The summed E-state index contributed by atoms with van der Waals surface area (Å²) in [6.45, 7) is 0.293. The van der Waals surface area contributed by atoms with Crippen LogP contribution in [-0.2, 0) is 14.8 Å². The lowest BCUT2D eigenvalue weighted by molar-refractivity contribution is -0.137. The molecule has 0 aromatic carbocycles. The predicted octanol–water partition coefficient (Wildman–Crippen LogP) is 0.523. The molecule has 0 aromatic heterocycles. The zero-order valence-electron chi connectivity index (χ0n) is 8.85. The Labute approximate surface area is 90.1 Å². The van der Waals surface area contributed by atoms with Crippen LogP contribution in [0, 0.1) is 5.92 Å². The second-order valence-electron chi connectivity index (χ2n) is 4.04. The third-order valence-electron chi connectivity index (χ3n) is 2.48. The van der Waals surface area contributed by atoms with Gasteiger partial charge < -0.3 is 5.11 Å². The van der Waals surface area contributed by atoms with E-state index in [1.54, 1.807) is 0 Å². The number of nitrogens with zero attached hydrogens (tertiary/aromatic N) is 1.